The average Bonchev–Trinajstić information content (AvgIpc) is 3.57. The van der Waals surface area contributed by atoms with E-state index in [0.717, 1.165) is 67.4 Å². The summed E-state index contributed by atoms with van der Waals surface area (Å²) in [5, 5.41) is 12.1. The molecule has 2 aromatic heterocycles. The van der Waals surface area contributed by atoms with Crippen molar-refractivity contribution in [1.82, 2.24) is 14.5 Å². The molecule has 6 aromatic carbocycles. The zero-order valence-corrected chi connectivity index (χ0v) is 35.8. The van der Waals surface area contributed by atoms with Crippen molar-refractivity contribution in [2.75, 3.05) is 0 Å². The Morgan fingerprint density at radius 2 is 1.31 bits per heavy atom. The van der Waals surface area contributed by atoms with Gasteiger partial charge in [-0.3, -0.25) is 9.55 Å². The van der Waals surface area contributed by atoms with E-state index in [2.05, 4.69) is 97.0 Å². The predicted octanol–water partition coefficient (Wildman–Crippen LogP) is 13.4. The van der Waals surface area contributed by atoms with Crippen molar-refractivity contribution in [2.45, 2.75) is 59.3 Å². The van der Waals surface area contributed by atoms with Gasteiger partial charge in [-0.05, 0) is 69.8 Å². The number of nitrogens with zero attached hydrogens (tertiary/aromatic N) is 3. The zero-order chi connectivity index (χ0) is 40.2. The van der Waals surface area contributed by atoms with Gasteiger partial charge in [-0.25, -0.2) is 13.8 Å². The molecule has 0 spiro atoms. The minimum atomic E-state index is -0.747. The van der Waals surface area contributed by atoms with E-state index in [9.17, 15) is 9.50 Å². The summed E-state index contributed by atoms with van der Waals surface area (Å²) in [7, 11) is 0. The number of para-hydroxylation sites is 1. The first-order chi connectivity index (χ1) is 27.2. The molecule has 8 aromatic rings. The summed E-state index contributed by atoms with van der Waals surface area (Å²) >= 11 is 0. The number of hydrogen-bond acceptors (Lipinski definition) is 3. The molecular formula is C51H44F2N3OPt-. The molecular weight excluding hydrogens is 904 g/mol. The van der Waals surface area contributed by atoms with Gasteiger partial charge in [0.15, 0.2) is 0 Å². The van der Waals surface area contributed by atoms with Crippen molar-refractivity contribution in [1.29, 1.82) is 0 Å². The molecule has 1 N–H and O–H groups in total. The second-order valence-corrected chi connectivity index (χ2v) is 16.8. The van der Waals surface area contributed by atoms with Gasteiger partial charge in [-0.1, -0.05) is 143 Å². The van der Waals surface area contributed by atoms with E-state index >= 15 is 4.39 Å². The normalized spacial score (nSPS) is 11.8. The molecule has 0 aliphatic carbocycles. The average molecular weight is 948 g/mol. The molecule has 0 radical (unpaired) electrons. The second kappa shape index (κ2) is 15.6. The Bertz CT molecular complexity index is 2800. The fraction of sp³-hybridized carbons (Fsp3) is 0.176. The van der Waals surface area contributed by atoms with E-state index in [1.54, 1.807) is 4.57 Å². The van der Waals surface area contributed by atoms with Crippen molar-refractivity contribution < 1.29 is 35.0 Å². The predicted molar refractivity (Wildman–Crippen MR) is 229 cm³/mol. The molecule has 4 nitrogen and oxygen atoms in total. The van der Waals surface area contributed by atoms with E-state index in [4.69, 9.17) is 9.97 Å². The smallest absolute Gasteiger partial charge is 0.150 e. The molecule has 0 aliphatic rings. The van der Waals surface area contributed by atoms with Crippen LogP contribution in [0, 0.1) is 24.6 Å². The number of imidazole rings is 1. The van der Waals surface area contributed by atoms with Crippen molar-refractivity contribution in [2.24, 2.45) is 0 Å². The van der Waals surface area contributed by atoms with Crippen molar-refractivity contribution >= 4 is 11.0 Å². The molecule has 0 saturated heterocycles. The van der Waals surface area contributed by atoms with E-state index in [0.29, 0.717) is 22.4 Å². The Kier molecular flexibility index (Phi) is 10.9. The maximum atomic E-state index is 16.0. The number of aryl methyl sites for hydroxylation is 1. The Morgan fingerprint density at radius 1 is 0.638 bits per heavy atom. The van der Waals surface area contributed by atoms with E-state index in [-0.39, 0.29) is 37.9 Å². The number of rotatable bonds is 6. The van der Waals surface area contributed by atoms with Crippen LogP contribution in [-0.2, 0) is 31.9 Å². The number of hydrogen-bond donors (Lipinski definition) is 1. The molecule has 0 fully saturated rings. The molecule has 0 aliphatic heterocycles. The first-order valence-corrected chi connectivity index (χ1v) is 19.2. The summed E-state index contributed by atoms with van der Waals surface area (Å²) in [6, 6.07) is 43.7. The summed E-state index contributed by atoms with van der Waals surface area (Å²) in [6.45, 7) is 14.6. The first kappa shape index (κ1) is 40.5. The third kappa shape index (κ3) is 7.66. The number of phenolic OH excluding ortho intramolecular Hbond substituents is 1. The van der Waals surface area contributed by atoms with Crippen LogP contribution in [0.1, 0.15) is 58.2 Å². The third-order valence-electron chi connectivity index (χ3n) is 10.6. The van der Waals surface area contributed by atoms with Gasteiger partial charge in [0, 0.05) is 44.6 Å². The topological polar surface area (TPSA) is 50.9 Å². The van der Waals surface area contributed by atoms with Crippen LogP contribution in [-0.4, -0.2) is 19.6 Å². The Hall–Kier alpha value is -5.71. The fourth-order valence-electron chi connectivity index (χ4n) is 7.46. The maximum absolute atomic E-state index is 16.0. The molecule has 0 atom stereocenters. The zero-order valence-electron chi connectivity index (χ0n) is 33.6. The quantitative estimate of drug-likeness (QED) is 0.169. The van der Waals surface area contributed by atoms with Gasteiger partial charge >= 0.3 is 0 Å². The Morgan fingerprint density at radius 3 is 1.97 bits per heavy atom. The Labute approximate surface area is 353 Å². The minimum Gasteiger partial charge on any atom is -0.507 e. The summed E-state index contributed by atoms with van der Waals surface area (Å²) in [6.07, 6.45) is 1.90. The Balaban J connectivity index is 0.00000512. The molecule has 0 amide bonds. The van der Waals surface area contributed by atoms with Gasteiger partial charge in [0.1, 0.15) is 23.2 Å². The number of fused-ring (bicyclic) bond motifs is 1. The van der Waals surface area contributed by atoms with E-state index in [1.165, 1.54) is 12.1 Å². The SMILES string of the molecule is Cc1cnc(-c2[c-]c(-c3cccc4c3nc(-c3cc(C(C)(C)C)cc(C(C)(C)C)c3O)n4-c3ccc(F)cc3F)cc(-c3ccccc3)c2)cc1-c1ccccc1.[Pt]. The van der Waals surface area contributed by atoms with Gasteiger partial charge in [-0.2, -0.15) is 0 Å². The maximum Gasteiger partial charge on any atom is 0.150 e. The number of pyridine rings is 1. The van der Waals surface area contributed by atoms with Crippen LogP contribution in [0.4, 0.5) is 8.78 Å². The molecule has 7 heteroatoms. The van der Waals surface area contributed by atoms with Crippen LogP contribution >= 0.6 is 0 Å². The van der Waals surface area contributed by atoms with Crippen molar-refractivity contribution in [3.05, 3.63) is 168 Å². The minimum absolute atomic E-state index is 0. The molecule has 0 saturated carbocycles. The van der Waals surface area contributed by atoms with Crippen LogP contribution in [0.5, 0.6) is 5.75 Å². The first-order valence-electron chi connectivity index (χ1n) is 19.2. The molecule has 58 heavy (non-hydrogen) atoms. The monoisotopic (exact) mass is 947 g/mol. The van der Waals surface area contributed by atoms with Gasteiger partial charge in [0.2, 0.25) is 0 Å². The van der Waals surface area contributed by atoms with Gasteiger partial charge in [0.25, 0.3) is 0 Å². The van der Waals surface area contributed by atoms with Crippen LogP contribution in [0.25, 0.3) is 72.7 Å². The number of aromatic hydroxyl groups is 1. The van der Waals surface area contributed by atoms with Crippen molar-refractivity contribution in [3.63, 3.8) is 0 Å². The summed E-state index contributed by atoms with van der Waals surface area (Å²) in [4.78, 5) is 10.2. The van der Waals surface area contributed by atoms with Crippen molar-refractivity contribution in [3.8, 4) is 67.5 Å². The fourth-order valence-corrected chi connectivity index (χ4v) is 7.46. The number of phenols is 1. The number of benzene rings is 6. The second-order valence-electron chi connectivity index (χ2n) is 16.8. The van der Waals surface area contributed by atoms with Crippen LogP contribution < -0.4 is 0 Å². The van der Waals surface area contributed by atoms with Gasteiger partial charge < -0.3 is 5.11 Å². The molecule has 294 valence electrons. The summed E-state index contributed by atoms with van der Waals surface area (Å²) in [5.74, 6) is -1.03. The molecule has 0 bridgehead atoms. The van der Waals surface area contributed by atoms with Crippen LogP contribution in [0.15, 0.2) is 134 Å². The van der Waals surface area contributed by atoms with E-state index in [1.807, 2.05) is 72.9 Å². The molecule has 0 unspecified atom stereocenters. The standard InChI is InChI=1S/C51H44F2N3O.Pt/c1-31-30-54-44(29-40(31)33-17-12-9-13-18-33)36-24-34(32-15-10-8-11-16-32)23-35(25-36)39-19-14-20-46-47(39)55-49(56(46)45-22-21-38(52)28-43(45)53)41-26-37(50(2,3)4)27-42(48(41)57)51(5,6)7;/h8-24,26-30,57H,1-7H3;/q-1;. The van der Waals surface area contributed by atoms with Crippen LogP contribution in [0.2, 0.25) is 0 Å². The molecule has 8 rings (SSSR count). The van der Waals surface area contributed by atoms with E-state index < -0.39 is 17.0 Å². The third-order valence-corrected chi connectivity index (χ3v) is 10.6. The summed E-state index contributed by atoms with van der Waals surface area (Å²) < 4.78 is 32.1. The molecule has 2 heterocycles. The van der Waals surface area contributed by atoms with Gasteiger partial charge in [0.05, 0.1) is 22.3 Å². The van der Waals surface area contributed by atoms with Gasteiger partial charge in [-0.15, -0.1) is 23.8 Å². The van der Waals surface area contributed by atoms with Crippen LogP contribution in [0.3, 0.4) is 0 Å². The summed E-state index contributed by atoms with van der Waals surface area (Å²) in [5.41, 5.74) is 11.1. The number of halogens is 2. The number of aromatic nitrogens is 3. The largest absolute Gasteiger partial charge is 0.507 e.